The Kier molecular flexibility index (Phi) is 10.3. The zero-order chi connectivity index (χ0) is 21.8. The molecule has 0 spiro atoms. The minimum atomic E-state index is -0.140. The lowest BCUT2D eigenvalue weighted by Gasteiger charge is -2.19. The first kappa shape index (κ1) is 23.8. The van der Waals surface area contributed by atoms with Crippen molar-refractivity contribution in [1.82, 2.24) is 15.5 Å². The van der Waals surface area contributed by atoms with Crippen LogP contribution in [0.3, 0.4) is 0 Å². The van der Waals surface area contributed by atoms with Crippen molar-refractivity contribution >= 4 is 11.9 Å². The molecule has 0 bridgehead atoms. The minimum Gasteiger partial charge on any atom is -0.497 e. The van der Waals surface area contributed by atoms with Crippen LogP contribution in [0.15, 0.2) is 23.2 Å². The molecule has 1 atom stereocenters. The Morgan fingerprint density at radius 1 is 1.13 bits per heavy atom. The smallest absolute Gasteiger partial charge is 0.305 e. The third-order valence-electron chi connectivity index (χ3n) is 5.23. The van der Waals surface area contributed by atoms with E-state index in [2.05, 4.69) is 37.4 Å². The fraction of sp³-hybridized carbons (Fsp3) is 0.636. The molecular formula is C22H36N4O4. The Morgan fingerprint density at radius 2 is 1.87 bits per heavy atom. The third kappa shape index (κ3) is 8.10. The first-order valence-corrected chi connectivity index (χ1v) is 10.6. The lowest BCUT2D eigenvalue weighted by Crippen LogP contribution is -2.44. The predicted octanol–water partition coefficient (Wildman–Crippen LogP) is 2.18. The molecule has 1 unspecified atom stereocenters. The van der Waals surface area contributed by atoms with Gasteiger partial charge in [0.1, 0.15) is 11.5 Å². The summed E-state index contributed by atoms with van der Waals surface area (Å²) in [7, 11) is 6.57. The van der Waals surface area contributed by atoms with Gasteiger partial charge in [-0.3, -0.25) is 14.7 Å². The van der Waals surface area contributed by atoms with Crippen LogP contribution in [0, 0.1) is 0 Å². The van der Waals surface area contributed by atoms with Gasteiger partial charge in [-0.2, -0.15) is 0 Å². The van der Waals surface area contributed by atoms with E-state index in [1.165, 1.54) is 12.7 Å². The van der Waals surface area contributed by atoms with Crippen molar-refractivity contribution in [2.24, 2.45) is 4.99 Å². The molecule has 2 rings (SSSR count). The number of unbranched alkanes of at least 4 members (excludes halogenated alkanes) is 2. The molecule has 1 heterocycles. The molecule has 0 aliphatic carbocycles. The Balaban J connectivity index is 1.71. The Morgan fingerprint density at radius 3 is 2.50 bits per heavy atom. The van der Waals surface area contributed by atoms with Crippen LogP contribution in [0.25, 0.3) is 0 Å². The molecule has 0 saturated carbocycles. The molecule has 1 aliphatic heterocycles. The van der Waals surface area contributed by atoms with E-state index in [9.17, 15) is 4.79 Å². The molecule has 168 valence electrons. The summed E-state index contributed by atoms with van der Waals surface area (Å²) in [5.74, 6) is 2.32. The van der Waals surface area contributed by atoms with Crippen LogP contribution in [0.2, 0.25) is 0 Å². The van der Waals surface area contributed by atoms with Crippen molar-refractivity contribution in [3.63, 3.8) is 0 Å². The Hall–Kier alpha value is -2.48. The van der Waals surface area contributed by atoms with Gasteiger partial charge in [0.25, 0.3) is 0 Å². The second-order valence-corrected chi connectivity index (χ2v) is 7.47. The van der Waals surface area contributed by atoms with Crippen LogP contribution in [0.4, 0.5) is 0 Å². The van der Waals surface area contributed by atoms with Gasteiger partial charge in [-0.15, -0.1) is 0 Å². The van der Waals surface area contributed by atoms with Crippen molar-refractivity contribution in [2.45, 2.75) is 44.7 Å². The molecule has 1 fully saturated rings. The maximum absolute atomic E-state index is 11.1. The van der Waals surface area contributed by atoms with E-state index in [-0.39, 0.29) is 5.97 Å². The average molecular weight is 421 g/mol. The molecule has 30 heavy (non-hydrogen) atoms. The fourth-order valence-corrected chi connectivity index (χ4v) is 3.58. The van der Waals surface area contributed by atoms with E-state index in [1.54, 1.807) is 21.3 Å². The van der Waals surface area contributed by atoms with Crippen LogP contribution < -0.4 is 20.1 Å². The minimum absolute atomic E-state index is 0.140. The molecule has 1 aliphatic rings. The number of nitrogens with zero attached hydrogens (tertiary/aromatic N) is 2. The first-order chi connectivity index (χ1) is 14.6. The number of esters is 1. The number of nitrogens with one attached hydrogen (secondary N) is 2. The van der Waals surface area contributed by atoms with Gasteiger partial charge in [0.05, 0.1) is 21.3 Å². The highest BCUT2D eigenvalue weighted by atomic mass is 16.5. The van der Waals surface area contributed by atoms with Crippen molar-refractivity contribution < 1.29 is 19.0 Å². The molecule has 1 aromatic carbocycles. The van der Waals surface area contributed by atoms with E-state index in [0.717, 1.165) is 69.3 Å². The summed E-state index contributed by atoms with van der Waals surface area (Å²) >= 11 is 0. The number of methoxy groups -OCH3 is 3. The number of hydrogen-bond acceptors (Lipinski definition) is 6. The third-order valence-corrected chi connectivity index (χ3v) is 5.23. The van der Waals surface area contributed by atoms with Crippen LogP contribution >= 0.6 is 0 Å². The molecule has 8 nitrogen and oxygen atoms in total. The Labute approximate surface area is 180 Å². The van der Waals surface area contributed by atoms with E-state index >= 15 is 0 Å². The lowest BCUT2D eigenvalue weighted by atomic mass is 10.2. The highest BCUT2D eigenvalue weighted by molar-refractivity contribution is 5.80. The number of rotatable bonds is 11. The number of benzene rings is 1. The molecule has 0 radical (unpaired) electrons. The number of ether oxygens (including phenoxy) is 3. The first-order valence-electron chi connectivity index (χ1n) is 10.6. The zero-order valence-corrected chi connectivity index (χ0v) is 18.7. The normalized spacial score (nSPS) is 16.9. The average Bonchev–Trinajstić information content (AvgIpc) is 3.21. The maximum Gasteiger partial charge on any atom is 0.305 e. The predicted molar refractivity (Wildman–Crippen MR) is 118 cm³/mol. The van der Waals surface area contributed by atoms with E-state index in [0.29, 0.717) is 12.5 Å². The van der Waals surface area contributed by atoms with Crippen LogP contribution in [0.5, 0.6) is 11.5 Å². The lowest BCUT2D eigenvalue weighted by molar-refractivity contribution is -0.140. The van der Waals surface area contributed by atoms with Gasteiger partial charge in [-0.1, -0.05) is 6.42 Å². The van der Waals surface area contributed by atoms with E-state index in [4.69, 9.17) is 9.47 Å². The molecule has 0 aromatic heterocycles. The zero-order valence-electron chi connectivity index (χ0n) is 18.7. The van der Waals surface area contributed by atoms with Gasteiger partial charge in [-0.25, -0.2) is 0 Å². The summed E-state index contributed by atoms with van der Waals surface area (Å²) in [6, 6.07) is 6.37. The van der Waals surface area contributed by atoms with Gasteiger partial charge in [-0.05, 0) is 37.0 Å². The largest absolute Gasteiger partial charge is 0.497 e. The number of carbonyl (C=O) groups is 1. The van der Waals surface area contributed by atoms with Crippen molar-refractivity contribution in [3.8, 4) is 11.5 Å². The number of hydrogen-bond donors (Lipinski definition) is 2. The standard InChI is InChI=1S/C22H36N4O4/c1-23-22(24-10-7-5-6-8-21(27)30-4)25-18-9-11-26(16-18)15-17-12-19(28-2)14-20(13-17)29-3/h12-14,18H,5-11,15-16H2,1-4H3,(H2,23,24,25). The van der Waals surface area contributed by atoms with E-state index in [1.807, 2.05) is 6.07 Å². The second kappa shape index (κ2) is 13.0. The summed E-state index contributed by atoms with van der Waals surface area (Å²) in [5.41, 5.74) is 1.18. The molecular weight excluding hydrogens is 384 g/mol. The molecule has 1 aromatic rings. The van der Waals surface area contributed by atoms with Crippen LogP contribution in [-0.2, 0) is 16.1 Å². The Bertz CT molecular complexity index is 673. The highest BCUT2D eigenvalue weighted by Crippen LogP contribution is 2.24. The van der Waals surface area contributed by atoms with Crippen molar-refractivity contribution in [2.75, 3.05) is 48.0 Å². The second-order valence-electron chi connectivity index (χ2n) is 7.47. The van der Waals surface area contributed by atoms with Crippen molar-refractivity contribution in [3.05, 3.63) is 23.8 Å². The monoisotopic (exact) mass is 420 g/mol. The summed E-state index contributed by atoms with van der Waals surface area (Å²) in [6.45, 7) is 3.68. The summed E-state index contributed by atoms with van der Waals surface area (Å²) in [6.07, 6.45) is 4.39. The topological polar surface area (TPSA) is 84.4 Å². The maximum atomic E-state index is 11.1. The fourth-order valence-electron chi connectivity index (χ4n) is 3.58. The molecule has 2 N–H and O–H groups in total. The highest BCUT2D eigenvalue weighted by Gasteiger charge is 2.23. The molecule has 0 amide bonds. The summed E-state index contributed by atoms with van der Waals surface area (Å²) in [5, 5.41) is 6.88. The van der Waals surface area contributed by atoms with E-state index < -0.39 is 0 Å². The van der Waals surface area contributed by atoms with Crippen molar-refractivity contribution in [1.29, 1.82) is 0 Å². The van der Waals surface area contributed by atoms with Crippen LogP contribution in [-0.4, -0.2) is 70.9 Å². The number of likely N-dealkylation sites (tertiary alicyclic amines) is 1. The summed E-state index contributed by atoms with van der Waals surface area (Å²) in [4.78, 5) is 17.9. The van der Waals surface area contributed by atoms with Gasteiger partial charge in [0.15, 0.2) is 5.96 Å². The number of guanidine groups is 1. The van der Waals surface area contributed by atoms with Gasteiger partial charge < -0.3 is 24.8 Å². The molecule has 8 heteroatoms. The number of carbonyl (C=O) groups excluding carboxylic acids is 1. The van der Waals surface area contributed by atoms with Gasteiger partial charge >= 0.3 is 5.97 Å². The van der Waals surface area contributed by atoms with Gasteiger partial charge in [0.2, 0.25) is 0 Å². The number of aliphatic imine (C=N–C) groups is 1. The quantitative estimate of drug-likeness (QED) is 0.246. The SMILES string of the molecule is CN=C(NCCCCCC(=O)OC)NC1CCN(Cc2cc(OC)cc(OC)c2)C1. The van der Waals surface area contributed by atoms with Crippen LogP contribution in [0.1, 0.15) is 37.7 Å². The summed E-state index contributed by atoms with van der Waals surface area (Å²) < 4.78 is 15.4. The van der Waals surface area contributed by atoms with Gasteiger partial charge in [0, 0.05) is 51.8 Å². The molecule has 1 saturated heterocycles.